The van der Waals surface area contributed by atoms with E-state index in [0.717, 1.165) is 13.1 Å². The molecule has 1 aliphatic heterocycles. The highest BCUT2D eigenvalue weighted by atomic mass is 35.5. The van der Waals surface area contributed by atoms with Crippen LogP contribution in [0.1, 0.15) is 24.5 Å². The van der Waals surface area contributed by atoms with Crippen LogP contribution in [-0.2, 0) is 0 Å². The molecule has 0 aliphatic carbocycles. The number of hydrogen-bond donors (Lipinski definition) is 1. The third kappa shape index (κ3) is 2.91. The number of piperidine rings is 1. The minimum atomic E-state index is 0. The molecule has 0 bridgehead atoms. The lowest BCUT2D eigenvalue weighted by Crippen LogP contribution is -2.27. The predicted molar refractivity (Wildman–Crippen MR) is 79.0 cm³/mol. The number of pyridine rings is 1. The van der Waals surface area contributed by atoms with Crippen LogP contribution in [-0.4, -0.2) is 18.1 Å². The van der Waals surface area contributed by atoms with Crippen molar-refractivity contribution in [3.05, 3.63) is 29.4 Å². The summed E-state index contributed by atoms with van der Waals surface area (Å²) in [6.45, 7) is 2.27. The van der Waals surface area contributed by atoms with E-state index >= 15 is 0 Å². The molecule has 94 valence electrons. The van der Waals surface area contributed by atoms with Crippen LogP contribution in [0, 0.1) is 0 Å². The molecule has 2 aromatic rings. The van der Waals surface area contributed by atoms with Gasteiger partial charge in [-0.25, -0.2) is 0 Å². The Morgan fingerprint density at radius 2 is 1.94 bits per heavy atom. The molecule has 0 saturated carbocycles. The van der Waals surface area contributed by atoms with E-state index in [1.54, 1.807) is 0 Å². The summed E-state index contributed by atoms with van der Waals surface area (Å²) in [7, 11) is 0. The second-order valence-electron chi connectivity index (χ2n) is 4.06. The molecular weight excluding hydrogens is 275 g/mol. The van der Waals surface area contributed by atoms with Gasteiger partial charge in [-0.1, -0.05) is 0 Å². The Morgan fingerprint density at radius 1 is 1.18 bits per heavy atom. The van der Waals surface area contributed by atoms with Crippen molar-refractivity contribution in [3.8, 4) is 0 Å². The fourth-order valence-corrected chi connectivity index (χ4v) is 3.26. The van der Waals surface area contributed by atoms with Crippen molar-refractivity contribution < 1.29 is 0 Å². The lowest BCUT2D eigenvalue weighted by atomic mass is 9.94. The fourth-order valence-electron chi connectivity index (χ4n) is 2.30. The van der Waals surface area contributed by atoms with Gasteiger partial charge in [0.25, 0.3) is 0 Å². The molecular formula is C12H16Cl2N2S. The molecule has 0 aromatic carbocycles. The number of nitrogens with one attached hydrogen (secondary N) is 1. The Labute approximate surface area is 118 Å². The molecule has 5 heteroatoms. The van der Waals surface area contributed by atoms with Crippen LogP contribution < -0.4 is 5.32 Å². The fraction of sp³-hybridized carbons (Fsp3) is 0.417. The van der Waals surface area contributed by atoms with Gasteiger partial charge in [0, 0.05) is 12.1 Å². The number of aromatic nitrogens is 1. The summed E-state index contributed by atoms with van der Waals surface area (Å²) < 4.78 is 1.39. The molecule has 17 heavy (non-hydrogen) atoms. The van der Waals surface area contributed by atoms with E-state index in [9.17, 15) is 0 Å². The largest absolute Gasteiger partial charge is 0.317 e. The molecule has 1 fully saturated rings. The molecule has 3 rings (SSSR count). The molecule has 1 aliphatic rings. The first-order valence-electron chi connectivity index (χ1n) is 5.48. The molecule has 2 aromatic heterocycles. The monoisotopic (exact) mass is 290 g/mol. The molecule has 1 saturated heterocycles. The number of rotatable bonds is 1. The third-order valence-corrected chi connectivity index (χ3v) is 4.07. The van der Waals surface area contributed by atoms with E-state index in [1.807, 2.05) is 17.5 Å². The van der Waals surface area contributed by atoms with Crippen molar-refractivity contribution in [1.29, 1.82) is 0 Å². The lowest BCUT2D eigenvalue weighted by Gasteiger charge is -2.22. The van der Waals surface area contributed by atoms with Crippen molar-refractivity contribution in [2.45, 2.75) is 18.8 Å². The Balaban J connectivity index is 0.000000722. The van der Waals surface area contributed by atoms with Crippen LogP contribution in [0.15, 0.2) is 23.7 Å². The van der Waals surface area contributed by atoms with E-state index in [-0.39, 0.29) is 24.8 Å². The first-order chi connectivity index (χ1) is 7.45. The molecule has 0 amide bonds. The Hall–Kier alpha value is -0.350. The normalized spacial score (nSPS) is 16.2. The van der Waals surface area contributed by atoms with Gasteiger partial charge < -0.3 is 5.32 Å². The standard InChI is InChI=1S/C12H14N2S.2ClH/c1-5-13-6-2-9(1)11-12-10(3-7-14-11)4-8-15-12;;/h3-4,7-9,13H,1-2,5-6H2;2*1H. The molecule has 2 nitrogen and oxygen atoms in total. The van der Waals surface area contributed by atoms with Gasteiger partial charge in [0.2, 0.25) is 0 Å². The molecule has 0 spiro atoms. The van der Waals surface area contributed by atoms with Crippen molar-refractivity contribution in [2.75, 3.05) is 13.1 Å². The molecule has 0 unspecified atom stereocenters. The number of fused-ring (bicyclic) bond motifs is 1. The maximum atomic E-state index is 4.59. The molecule has 0 radical (unpaired) electrons. The SMILES string of the molecule is Cl.Cl.c1cc2ccsc2c(C2CCNCC2)n1. The van der Waals surface area contributed by atoms with E-state index < -0.39 is 0 Å². The van der Waals surface area contributed by atoms with Gasteiger partial charge in [-0.3, -0.25) is 4.98 Å². The van der Waals surface area contributed by atoms with Crippen molar-refractivity contribution >= 4 is 46.2 Å². The van der Waals surface area contributed by atoms with Crippen LogP contribution in [0.5, 0.6) is 0 Å². The van der Waals surface area contributed by atoms with Gasteiger partial charge in [-0.05, 0) is 48.8 Å². The lowest BCUT2D eigenvalue weighted by molar-refractivity contribution is 0.456. The van der Waals surface area contributed by atoms with Crippen LogP contribution >= 0.6 is 36.2 Å². The Morgan fingerprint density at radius 3 is 2.71 bits per heavy atom. The predicted octanol–water partition coefficient (Wildman–Crippen LogP) is 3.61. The number of thiophene rings is 1. The summed E-state index contributed by atoms with van der Waals surface area (Å²) in [4.78, 5) is 4.59. The zero-order valence-electron chi connectivity index (χ0n) is 9.39. The number of hydrogen-bond acceptors (Lipinski definition) is 3. The summed E-state index contributed by atoms with van der Waals surface area (Å²) in [6.07, 6.45) is 4.40. The van der Waals surface area contributed by atoms with Gasteiger partial charge in [0.15, 0.2) is 0 Å². The summed E-state index contributed by atoms with van der Waals surface area (Å²) in [5.74, 6) is 0.661. The van der Waals surface area contributed by atoms with Gasteiger partial charge in [0.1, 0.15) is 0 Å². The maximum absolute atomic E-state index is 4.59. The van der Waals surface area contributed by atoms with Crippen molar-refractivity contribution in [2.24, 2.45) is 0 Å². The first kappa shape index (κ1) is 14.7. The van der Waals surface area contributed by atoms with Crippen molar-refractivity contribution in [1.82, 2.24) is 10.3 Å². The van der Waals surface area contributed by atoms with Crippen LogP contribution in [0.3, 0.4) is 0 Å². The van der Waals surface area contributed by atoms with E-state index in [1.165, 1.54) is 28.6 Å². The summed E-state index contributed by atoms with van der Waals surface area (Å²) in [5.41, 5.74) is 1.32. The van der Waals surface area contributed by atoms with Gasteiger partial charge >= 0.3 is 0 Å². The minimum absolute atomic E-state index is 0. The second-order valence-corrected chi connectivity index (χ2v) is 4.98. The van der Waals surface area contributed by atoms with Crippen molar-refractivity contribution in [3.63, 3.8) is 0 Å². The van der Waals surface area contributed by atoms with Gasteiger partial charge in [0.05, 0.1) is 10.4 Å². The Bertz CT molecular complexity index is 466. The Kier molecular flexibility index (Phi) is 5.67. The first-order valence-corrected chi connectivity index (χ1v) is 6.36. The quantitative estimate of drug-likeness (QED) is 0.868. The average Bonchev–Trinajstić information content (AvgIpc) is 2.78. The summed E-state index contributed by atoms with van der Waals surface area (Å²) >= 11 is 1.82. The zero-order chi connectivity index (χ0) is 10.1. The summed E-state index contributed by atoms with van der Waals surface area (Å²) in [5, 5.41) is 6.92. The topological polar surface area (TPSA) is 24.9 Å². The van der Waals surface area contributed by atoms with Crippen LogP contribution in [0.2, 0.25) is 0 Å². The molecule has 1 N–H and O–H groups in total. The number of halogens is 2. The highest BCUT2D eigenvalue weighted by Gasteiger charge is 2.18. The van der Waals surface area contributed by atoms with E-state index in [4.69, 9.17) is 0 Å². The average molecular weight is 291 g/mol. The van der Waals surface area contributed by atoms with E-state index in [2.05, 4.69) is 27.8 Å². The van der Waals surface area contributed by atoms with Gasteiger partial charge in [-0.2, -0.15) is 0 Å². The zero-order valence-corrected chi connectivity index (χ0v) is 11.8. The van der Waals surface area contributed by atoms with E-state index in [0.29, 0.717) is 5.92 Å². The summed E-state index contributed by atoms with van der Waals surface area (Å²) in [6, 6.07) is 4.29. The highest BCUT2D eigenvalue weighted by Crippen LogP contribution is 2.32. The third-order valence-electron chi connectivity index (χ3n) is 3.12. The highest BCUT2D eigenvalue weighted by molar-refractivity contribution is 7.17. The van der Waals surface area contributed by atoms with Crippen LogP contribution in [0.25, 0.3) is 10.1 Å². The smallest absolute Gasteiger partial charge is 0.0613 e. The maximum Gasteiger partial charge on any atom is 0.0613 e. The second kappa shape index (κ2) is 6.55. The number of nitrogens with zero attached hydrogens (tertiary/aromatic N) is 1. The molecule has 3 heterocycles. The van der Waals surface area contributed by atoms with Crippen LogP contribution in [0.4, 0.5) is 0 Å². The molecule has 0 atom stereocenters. The minimum Gasteiger partial charge on any atom is -0.317 e. The van der Waals surface area contributed by atoms with Gasteiger partial charge in [-0.15, -0.1) is 36.2 Å².